The van der Waals surface area contributed by atoms with Crippen molar-refractivity contribution in [3.8, 4) is 11.7 Å². The highest BCUT2D eigenvalue weighted by Gasteiger charge is 2.33. The standard InChI is InChI=1S/C22H19ClF3N7O3/c1-35-8-9-36-21-32-17-18(27)28-11-29-19(17)33(21)14-5-2-12(3-6-14)30-20(34)31-13-4-7-16(23)15(10-13)22(24,25)26/h2-7,10-11H,8-9H2,1H3,(H2,27,28,29)(H2,30,31,34). The molecule has 0 fully saturated rings. The Morgan fingerprint density at radius 3 is 2.47 bits per heavy atom. The molecule has 36 heavy (non-hydrogen) atoms. The van der Waals surface area contributed by atoms with E-state index in [0.29, 0.717) is 29.1 Å². The van der Waals surface area contributed by atoms with Crippen LogP contribution in [-0.2, 0) is 10.9 Å². The van der Waals surface area contributed by atoms with Gasteiger partial charge in [0.2, 0.25) is 0 Å². The van der Waals surface area contributed by atoms with Crippen LogP contribution in [-0.4, -0.2) is 45.9 Å². The van der Waals surface area contributed by atoms with E-state index in [1.807, 2.05) is 0 Å². The highest BCUT2D eigenvalue weighted by molar-refractivity contribution is 6.31. The Labute approximate surface area is 207 Å². The Morgan fingerprint density at radius 1 is 1.08 bits per heavy atom. The van der Waals surface area contributed by atoms with Gasteiger partial charge in [0.15, 0.2) is 17.0 Å². The lowest BCUT2D eigenvalue weighted by Gasteiger charge is -2.13. The summed E-state index contributed by atoms with van der Waals surface area (Å²) in [6, 6.07) is 9.08. The van der Waals surface area contributed by atoms with Crippen molar-refractivity contribution in [1.82, 2.24) is 19.5 Å². The molecule has 0 bridgehead atoms. The van der Waals surface area contributed by atoms with Gasteiger partial charge in [0.1, 0.15) is 12.9 Å². The summed E-state index contributed by atoms with van der Waals surface area (Å²) in [4.78, 5) is 24.9. The maximum absolute atomic E-state index is 13.1. The fourth-order valence-corrected chi connectivity index (χ4v) is 3.47. The van der Waals surface area contributed by atoms with Crippen molar-refractivity contribution in [3.63, 3.8) is 0 Å². The molecule has 0 spiro atoms. The third-order valence-electron chi connectivity index (χ3n) is 4.87. The summed E-state index contributed by atoms with van der Waals surface area (Å²) in [5, 5.41) is 4.45. The van der Waals surface area contributed by atoms with Crippen molar-refractivity contribution >= 4 is 46.0 Å². The van der Waals surface area contributed by atoms with Gasteiger partial charge in [0.05, 0.1) is 22.9 Å². The van der Waals surface area contributed by atoms with Gasteiger partial charge < -0.3 is 25.8 Å². The van der Waals surface area contributed by atoms with E-state index in [9.17, 15) is 18.0 Å². The minimum Gasteiger partial charge on any atom is -0.462 e. The number of ether oxygens (including phenoxy) is 2. The van der Waals surface area contributed by atoms with Gasteiger partial charge >= 0.3 is 18.2 Å². The van der Waals surface area contributed by atoms with Crippen molar-refractivity contribution < 1.29 is 27.4 Å². The number of hydrogen-bond donors (Lipinski definition) is 3. The molecule has 0 saturated heterocycles. The van der Waals surface area contributed by atoms with Crippen LogP contribution < -0.4 is 21.1 Å². The number of carbonyl (C=O) groups is 1. The smallest absolute Gasteiger partial charge is 0.417 e. The molecule has 4 aromatic rings. The minimum atomic E-state index is -4.65. The molecule has 0 unspecified atom stereocenters. The second-order valence-corrected chi connectivity index (χ2v) is 7.73. The minimum absolute atomic E-state index is 0.0687. The molecule has 4 N–H and O–H groups in total. The lowest BCUT2D eigenvalue weighted by molar-refractivity contribution is -0.137. The zero-order chi connectivity index (χ0) is 25.9. The van der Waals surface area contributed by atoms with Gasteiger partial charge in [-0.05, 0) is 42.5 Å². The first-order chi connectivity index (χ1) is 17.2. The normalized spacial score (nSPS) is 11.5. The molecule has 2 heterocycles. The van der Waals surface area contributed by atoms with Crippen LogP contribution in [0.4, 0.5) is 35.2 Å². The van der Waals surface area contributed by atoms with Gasteiger partial charge in [-0.1, -0.05) is 11.6 Å². The Kier molecular flexibility index (Phi) is 7.12. The van der Waals surface area contributed by atoms with Crippen molar-refractivity contribution in [3.05, 3.63) is 59.4 Å². The van der Waals surface area contributed by atoms with Crippen LogP contribution in [0.15, 0.2) is 48.8 Å². The second kappa shape index (κ2) is 10.3. The first-order valence-electron chi connectivity index (χ1n) is 10.3. The van der Waals surface area contributed by atoms with Crippen molar-refractivity contribution in [2.24, 2.45) is 0 Å². The number of urea groups is 1. The number of nitrogens with two attached hydrogens (primary N) is 1. The molecule has 0 radical (unpaired) electrons. The molecule has 2 aromatic heterocycles. The van der Waals surface area contributed by atoms with E-state index >= 15 is 0 Å². The number of imidazole rings is 1. The van der Waals surface area contributed by atoms with E-state index in [2.05, 4.69) is 25.6 Å². The van der Waals surface area contributed by atoms with Crippen molar-refractivity contribution in [1.29, 1.82) is 0 Å². The number of halogens is 4. The van der Waals surface area contributed by atoms with E-state index in [4.69, 9.17) is 26.8 Å². The number of fused-ring (bicyclic) bond motifs is 1. The molecule has 0 atom stereocenters. The zero-order valence-corrected chi connectivity index (χ0v) is 19.4. The summed E-state index contributed by atoms with van der Waals surface area (Å²) >= 11 is 5.61. The lowest BCUT2D eigenvalue weighted by Crippen LogP contribution is -2.20. The summed E-state index contributed by atoms with van der Waals surface area (Å²) in [5.74, 6) is 0.182. The lowest BCUT2D eigenvalue weighted by atomic mass is 10.2. The topological polar surface area (TPSA) is 129 Å². The van der Waals surface area contributed by atoms with Crippen LogP contribution >= 0.6 is 11.6 Å². The number of nitrogens with one attached hydrogen (secondary N) is 2. The van der Waals surface area contributed by atoms with Gasteiger partial charge in [-0.15, -0.1) is 0 Å². The largest absolute Gasteiger partial charge is 0.462 e. The molecular formula is C22H19ClF3N7O3. The second-order valence-electron chi connectivity index (χ2n) is 7.32. The maximum Gasteiger partial charge on any atom is 0.417 e. The SMILES string of the molecule is COCCOc1nc2c(N)ncnc2n1-c1ccc(NC(=O)Nc2ccc(Cl)c(C(F)(F)F)c2)cc1. The highest BCUT2D eigenvalue weighted by Crippen LogP contribution is 2.36. The fourth-order valence-electron chi connectivity index (χ4n) is 3.24. The molecular weight excluding hydrogens is 503 g/mol. The van der Waals surface area contributed by atoms with E-state index in [1.165, 1.54) is 12.4 Å². The number of carbonyl (C=O) groups excluding carboxylic acids is 1. The molecule has 0 aliphatic heterocycles. The van der Waals surface area contributed by atoms with Crippen LogP contribution in [0, 0.1) is 0 Å². The summed E-state index contributed by atoms with van der Waals surface area (Å²) < 4.78 is 51.5. The fraction of sp³-hybridized carbons (Fsp3) is 0.182. The van der Waals surface area contributed by atoms with Crippen LogP contribution in [0.1, 0.15) is 5.56 Å². The van der Waals surface area contributed by atoms with E-state index in [-0.39, 0.29) is 24.1 Å². The van der Waals surface area contributed by atoms with E-state index < -0.39 is 22.8 Å². The first kappa shape index (κ1) is 25.0. The quantitative estimate of drug-likeness (QED) is 0.299. The number of amides is 2. The third kappa shape index (κ3) is 5.42. The number of methoxy groups -OCH3 is 1. The molecule has 0 saturated carbocycles. The van der Waals surface area contributed by atoms with Gasteiger partial charge in [-0.3, -0.25) is 0 Å². The predicted octanol–water partition coefficient (Wildman–Crippen LogP) is 4.74. The molecule has 14 heteroatoms. The molecule has 4 rings (SSSR count). The number of hydrogen-bond acceptors (Lipinski definition) is 7. The number of aromatic nitrogens is 4. The van der Waals surface area contributed by atoms with E-state index in [1.54, 1.807) is 35.9 Å². The van der Waals surface area contributed by atoms with Gasteiger partial charge in [0.25, 0.3) is 0 Å². The number of benzene rings is 2. The van der Waals surface area contributed by atoms with Crippen LogP contribution in [0.3, 0.4) is 0 Å². The average Bonchev–Trinajstić information content (AvgIpc) is 3.20. The number of rotatable bonds is 7. The summed E-state index contributed by atoms with van der Waals surface area (Å²) in [5.41, 5.74) is 6.55. The van der Waals surface area contributed by atoms with Crippen molar-refractivity contribution in [2.75, 3.05) is 36.7 Å². The van der Waals surface area contributed by atoms with Crippen molar-refractivity contribution in [2.45, 2.75) is 6.18 Å². The number of nitrogens with zero attached hydrogens (tertiary/aromatic N) is 4. The van der Waals surface area contributed by atoms with Crippen LogP contribution in [0.5, 0.6) is 6.01 Å². The van der Waals surface area contributed by atoms with Crippen LogP contribution in [0.25, 0.3) is 16.9 Å². The molecule has 0 aliphatic rings. The van der Waals surface area contributed by atoms with E-state index in [0.717, 1.165) is 12.1 Å². The van der Waals surface area contributed by atoms with Gasteiger partial charge in [-0.2, -0.15) is 18.2 Å². The Balaban J connectivity index is 1.53. The Hall–Kier alpha value is -4.10. The summed E-state index contributed by atoms with van der Waals surface area (Å²) in [6.07, 6.45) is -3.35. The number of anilines is 3. The van der Waals surface area contributed by atoms with Gasteiger partial charge in [0, 0.05) is 18.5 Å². The number of nitrogen functional groups attached to an aromatic ring is 1. The molecule has 2 aromatic carbocycles. The maximum atomic E-state index is 13.1. The molecule has 0 aliphatic carbocycles. The summed E-state index contributed by atoms with van der Waals surface area (Å²) in [6.45, 7) is 0.564. The highest BCUT2D eigenvalue weighted by atomic mass is 35.5. The predicted molar refractivity (Wildman–Crippen MR) is 128 cm³/mol. The summed E-state index contributed by atoms with van der Waals surface area (Å²) in [7, 11) is 1.54. The average molecular weight is 522 g/mol. The molecule has 10 nitrogen and oxygen atoms in total. The number of alkyl halides is 3. The van der Waals surface area contributed by atoms with Gasteiger partial charge in [-0.25, -0.2) is 19.3 Å². The molecule has 188 valence electrons. The zero-order valence-electron chi connectivity index (χ0n) is 18.6. The third-order valence-corrected chi connectivity index (χ3v) is 5.20. The monoisotopic (exact) mass is 521 g/mol. The first-order valence-corrected chi connectivity index (χ1v) is 10.7. The Bertz CT molecular complexity index is 1390. The Morgan fingerprint density at radius 2 is 1.78 bits per heavy atom. The van der Waals surface area contributed by atoms with Crippen LogP contribution in [0.2, 0.25) is 5.02 Å². The molecule has 2 amide bonds.